The first-order valence-corrected chi connectivity index (χ1v) is 4.30. The monoisotopic (exact) mass is 202 g/mol. The van der Waals surface area contributed by atoms with Gasteiger partial charge in [-0.3, -0.25) is 4.79 Å². The Labute approximate surface area is 78.9 Å². The van der Waals surface area contributed by atoms with Gasteiger partial charge in [0.05, 0.1) is 0 Å². The van der Waals surface area contributed by atoms with Crippen LogP contribution in [0, 0.1) is 21.3 Å². The van der Waals surface area contributed by atoms with Crippen LogP contribution in [0.25, 0.3) is 0 Å². The summed E-state index contributed by atoms with van der Waals surface area (Å²) in [6.07, 6.45) is 0. The van der Waals surface area contributed by atoms with Gasteiger partial charge in [0.15, 0.2) is 4.58 Å². The number of aliphatic carboxylic acids is 1. The third-order valence-corrected chi connectivity index (χ3v) is 2.14. The van der Waals surface area contributed by atoms with Crippen LogP contribution >= 0.6 is 23.5 Å². The molecule has 0 aromatic rings. The quantitative estimate of drug-likeness (QED) is 0.425. The number of thiocyanates is 2. The molecule has 12 heavy (non-hydrogen) atoms. The molecule has 0 aromatic heterocycles. The average molecular weight is 202 g/mol. The zero-order valence-electron chi connectivity index (χ0n) is 6.06. The molecule has 4 nitrogen and oxygen atoms in total. The maximum absolute atomic E-state index is 10.1. The highest BCUT2D eigenvalue weighted by Gasteiger charge is 2.18. The number of rotatable bonds is 3. The molecule has 0 heterocycles. The van der Waals surface area contributed by atoms with E-state index in [2.05, 4.69) is 13.2 Å². The van der Waals surface area contributed by atoms with Crippen molar-refractivity contribution in [3.8, 4) is 10.8 Å². The van der Waals surface area contributed by atoms with Crippen molar-refractivity contribution >= 4 is 29.5 Å². The van der Waals surface area contributed by atoms with Gasteiger partial charge in [0, 0.05) is 0 Å². The van der Waals surface area contributed by atoms with Crippen molar-refractivity contribution in [1.82, 2.24) is 0 Å². The second-order valence-corrected chi connectivity index (χ2v) is 3.17. The lowest BCUT2D eigenvalue weighted by Crippen LogP contribution is -2.09. The van der Waals surface area contributed by atoms with E-state index >= 15 is 0 Å². The Hall–Kier alpha value is -1.11. The Morgan fingerprint density at radius 3 is 1.83 bits per heavy atom. The van der Waals surface area contributed by atoms with Crippen molar-refractivity contribution in [1.29, 1.82) is 10.5 Å². The van der Waals surface area contributed by atoms with Crippen LogP contribution in [0.5, 0.6) is 0 Å². The molecule has 1 N–H and O–H groups in total. The maximum atomic E-state index is 10.1. The number of carbonyl (C=O) groups is 1. The number of hydrogen-bond acceptors (Lipinski definition) is 5. The predicted octanol–water partition coefficient (Wildman–Crippen LogP) is 1.63. The zero-order chi connectivity index (χ0) is 9.98. The van der Waals surface area contributed by atoms with Crippen LogP contribution in [-0.2, 0) is 4.79 Å². The second kappa shape index (κ2) is 9.89. The molecule has 0 saturated heterocycles. The molecule has 0 spiro atoms. The standard InChI is InChI=1S/C4H2N2O2S2.C2H4/c5-1-9-4(3(7)8)10-2-6;1-2/h4H,(H,7,8);1-2H2. The molecule has 0 rings (SSSR count). The molecule has 0 aliphatic carbocycles. The number of nitrogens with zero attached hydrogens (tertiary/aromatic N) is 2. The molecule has 0 atom stereocenters. The van der Waals surface area contributed by atoms with Gasteiger partial charge >= 0.3 is 5.97 Å². The summed E-state index contributed by atoms with van der Waals surface area (Å²) in [4.78, 5) is 10.1. The third kappa shape index (κ3) is 7.00. The molecule has 0 aromatic carbocycles. The molecule has 0 bridgehead atoms. The van der Waals surface area contributed by atoms with E-state index in [9.17, 15) is 4.79 Å². The highest BCUT2D eigenvalue weighted by atomic mass is 32.2. The average Bonchev–Trinajstić information content (AvgIpc) is 2.08. The summed E-state index contributed by atoms with van der Waals surface area (Å²) in [6, 6.07) is 0. The molecule has 0 aliphatic rings. The first-order chi connectivity index (χ1) is 5.72. The molecular formula is C6H6N2O2S2. The van der Waals surface area contributed by atoms with E-state index < -0.39 is 10.6 Å². The fourth-order valence-corrected chi connectivity index (χ4v) is 1.06. The minimum absolute atomic E-state index is 0.556. The van der Waals surface area contributed by atoms with Crippen molar-refractivity contribution in [3.63, 3.8) is 0 Å². The van der Waals surface area contributed by atoms with E-state index in [1.54, 1.807) is 10.8 Å². The van der Waals surface area contributed by atoms with Crippen LogP contribution in [0.4, 0.5) is 0 Å². The van der Waals surface area contributed by atoms with Crippen molar-refractivity contribution in [2.24, 2.45) is 0 Å². The van der Waals surface area contributed by atoms with Crippen LogP contribution in [0.1, 0.15) is 0 Å². The SMILES string of the molecule is C=C.N#CSC(SC#N)C(=O)O. The molecule has 0 saturated carbocycles. The van der Waals surface area contributed by atoms with Gasteiger partial charge in [0.1, 0.15) is 10.8 Å². The number of nitriles is 2. The van der Waals surface area contributed by atoms with Crippen LogP contribution in [0.15, 0.2) is 13.2 Å². The number of carboxylic acids is 1. The van der Waals surface area contributed by atoms with Crippen molar-refractivity contribution in [2.75, 3.05) is 0 Å². The highest BCUT2D eigenvalue weighted by Crippen LogP contribution is 2.21. The van der Waals surface area contributed by atoms with Crippen LogP contribution in [0.3, 0.4) is 0 Å². The number of thioether (sulfide) groups is 2. The van der Waals surface area contributed by atoms with Gasteiger partial charge < -0.3 is 5.11 Å². The zero-order valence-corrected chi connectivity index (χ0v) is 7.69. The summed E-state index contributed by atoms with van der Waals surface area (Å²) in [5.41, 5.74) is 0. The Balaban J connectivity index is 0. The summed E-state index contributed by atoms with van der Waals surface area (Å²) >= 11 is 1.11. The highest BCUT2D eigenvalue weighted by molar-refractivity contribution is 8.22. The van der Waals surface area contributed by atoms with Gasteiger partial charge in [-0.2, -0.15) is 10.5 Å². The molecular weight excluding hydrogens is 196 g/mol. The van der Waals surface area contributed by atoms with Crippen molar-refractivity contribution in [2.45, 2.75) is 4.58 Å². The molecule has 0 amide bonds. The molecule has 0 fully saturated rings. The summed E-state index contributed by atoms with van der Waals surface area (Å²) < 4.78 is -0.991. The number of hydrogen-bond donors (Lipinski definition) is 1. The largest absolute Gasteiger partial charge is 0.480 e. The summed E-state index contributed by atoms with van der Waals surface area (Å²) in [5.74, 6) is -1.15. The van der Waals surface area contributed by atoms with Crippen molar-refractivity contribution < 1.29 is 9.90 Å². The van der Waals surface area contributed by atoms with Gasteiger partial charge in [-0.1, -0.05) is 0 Å². The first kappa shape index (κ1) is 13.5. The van der Waals surface area contributed by atoms with E-state index in [0.717, 1.165) is 0 Å². The normalized spacial score (nSPS) is 7.25. The van der Waals surface area contributed by atoms with E-state index in [1.807, 2.05) is 0 Å². The summed E-state index contributed by atoms with van der Waals surface area (Å²) in [6.45, 7) is 6.00. The maximum Gasteiger partial charge on any atom is 0.329 e. The first-order valence-electron chi connectivity index (χ1n) is 2.54. The van der Waals surface area contributed by atoms with Gasteiger partial charge in [-0.25, -0.2) is 0 Å². The Morgan fingerprint density at radius 1 is 1.33 bits per heavy atom. The minimum atomic E-state index is -1.15. The lowest BCUT2D eigenvalue weighted by atomic mass is 10.8. The fourth-order valence-electron chi connectivity index (χ4n) is 0.221. The summed E-state index contributed by atoms with van der Waals surface area (Å²) in [5, 5.41) is 27.6. The van der Waals surface area contributed by atoms with E-state index in [4.69, 9.17) is 15.6 Å². The predicted molar refractivity (Wildman–Crippen MR) is 49.1 cm³/mol. The third-order valence-electron chi connectivity index (χ3n) is 0.521. The van der Waals surface area contributed by atoms with E-state index in [0.29, 0.717) is 23.5 Å². The molecule has 64 valence electrons. The van der Waals surface area contributed by atoms with Crippen molar-refractivity contribution in [3.05, 3.63) is 13.2 Å². The Morgan fingerprint density at radius 2 is 1.67 bits per heavy atom. The van der Waals surface area contributed by atoms with Crippen LogP contribution < -0.4 is 0 Å². The van der Waals surface area contributed by atoms with Gasteiger partial charge in [-0.15, -0.1) is 13.2 Å². The second-order valence-electron chi connectivity index (χ2n) is 1.09. The lowest BCUT2D eigenvalue weighted by Gasteiger charge is -1.97. The fraction of sp³-hybridized carbons (Fsp3) is 0.167. The minimum Gasteiger partial charge on any atom is -0.480 e. The smallest absolute Gasteiger partial charge is 0.329 e. The van der Waals surface area contributed by atoms with Crippen LogP contribution in [-0.4, -0.2) is 15.7 Å². The number of carboxylic acid groups (broad SMARTS) is 1. The summed E-state index contributed by atoms with van der Waals surface area (Å²) in [7, 11) is 0. The lowest BCUT2D eigenvalue weighted by molar-refractivity contribution is -0.134. The van der Waals surface area contributed by atoms with E-state index in [1.165, 1.54) is 0 Å². The topological polar surface area (TPSA) is 84.9 Å². The molecule has 6 heteroatoms. The van der Waals surface area contributed by atoms with Gasteiger partial charge in [-0.05, 0) is 23.5 Å². The Kier molecular flexibility index (Phi) is 11.1. The molecule has 0 unspecified atom stereocenters. The van der Waals surface area contributed by atoms with E-state index in [-0.39, 0.29) is 0 Å². The molecule has 0 aliphatic heterocycles. The Bertz CT molecular complexity index is 203. The van der Waals surface area contributed by atoms with Gasteiger partial charge in [0.2, 0.25) is 0 Å². The van der Waals surface area contributed by atoms with Gasteiger partial charge in [0.25, 0.3) is 0 Å². The van der Waals surface area contributed by atoms with Crippen LogP contribution in [0.2, 0.25) is 0 Å². The molecule has 0 radical (unpaired) electrons.